The molecule has 9 heavy (non-hydrogen) atoms. The molecule has 0 aliphatic heterocycles. The molecular formula is C6H14O3. The highest BCUT2D eigenvalue weighted by Crippen LogP contribution is 1.94. The summed E-state index contributed by atoms with van der Waals surface area (Å²) in [6.07, 6.45) is 0.754. The summed E-state index contributed by atoms with van der Waals surface area (Å²) in [6.45, 7) is 2.29. The molecule has 0 bridgehead atoms. The maximum absolute atomic E-state index is 8.57. The van der Waals surface area contributed by atoms with Crippen LogP contribution in [0, 0.1) is 0 Å². The van der Waals surface area contributed by atoms with Gasteiger partial charge in [-0.3, -0.25) is 0 Å². The number of aliphatic hydroxyl groups is 1. The number of rotatable bonds is 5. The van der Waals surface area contributed by atoms with E-state index in [9.17, 15) is 0 Å². The quantitative estimate of drug-likeness (QED) is 0.552. The Morgan fingerprint density at radius 1 is 1.56 bits per heavy atom. The van der Waals surface area contributed by atoms with Gasteiger partial charge in [0, 0.05) is 7.11 Å². The molecule has 0 rings (SSSR count). The number of aliphatic hydroxyl groups excluding tert-OH is 1. The first-order chi connectivity index (χ1) is 4.35. The molecule has 0 heterocycles. The van der Waals surface area contributed by atoms with Gasteiger partial charge in [-0.25, -0.2) is 0 Å². The minimum atomic E-state index is -0.0649. The molecule has 1 atom stereocenters. The highest BCUT2D eigenvalue weighted by atomic mass is 16.7. The van der Waals surface area contributed by atoms with Gasteiger partial charge in [-0.2, -0.15) is 0 Å². The standard InChI is InChI=1S/C6H14O3/c1-3-6(4-7)9-5-8-2/h6-7H,3-5H2,1-2H3/t6-/m1/s1. The van der Waals surface area contributed by atoms with E-state index in [2.05, 4.69) is 4.74 Å². The van der Waals surface area contributed by atoms with Crippen LogP contribution >= 0.6 is 0 Å². The van der Waals surface area contributed by atoms with Gasteiger partial charge in [-0.1, -0.05) is 6.92 Å². The second-order valence-electron chi connectivity index (χ2n) is 1.79. The van der Waals surface area contributed by atoms with E-state index < -0.39 is 0 Å². The maximum Gasteiger partial charge on any atom is 0.146 e. The van der Waals surface area contributed by atoms with Crippen molar-refractivity contribution >= 4 is 0 Å². The zero-order chi connectivity index (χ0) is 7.11. The smallest absolute Gasteiger partial charge is 0.146 e. The number of hydrogen-bond acceptors (Lipinski definition) is 3. The molecule has 0 fully saturated rings. The predicted molar refractivity (Wildman–Crippen MR) is 34.1 cm³/mol. The number of hydrogen-bond donors (Lipinski definition) is 1. The van der Waals surface area contributed by atoms with Crippen LogP contribution in [0.25, 0.3) is 0 Å². The molecule has 0 spiro atoms. The monoisotopic (exact) mass is 134 g/mol. The molecule has 0 saturated carbocycles. The Labute approximate surface area is 55.6 Å². The van der Waals surface area contributed by atoms with Crippen LogP contribution < -0.4 is 0 Å². The Morgan fingerprint density at radius 3 is 2.56 bits per heavy atom. The molecule has 56 valence electrons. The topological polar surface area (TPSA) is 38.7 Å². The van der Waals surface area contributed by atoms with E-state index in [-0.39, 0.29) is 19.5 Å². The minimum Gasteiger partial charge on any atom is -0.394 e. The second-order valence-corrected chi connectivity index (χ2v) is 1.79. The number of methoxy groups -OCH3 is 1. The van der Waals surface area contributed by atoms with Crippen molar-refractivity contribution in [2.24, 2.45) is 0 Å². The molecule has 0 aromatic carbocycles. The van der Waals surface area contributed by atoms with E-state index in [1.54, 1.807) is 7.11 Å². The lowest BCUT2D eigenvalue weighted by atomic mass is 10.3. The zero-order valence-electron chi connectivity index (χ0n) is 5.96. The molecule has 0 saturated heterocycles. The van der Waals surface area contributed by atoms with E-state index in [1.165, 1.54) is 0 Å². The Balaban J connectivity index is 3.09. The molecule has 1 N–H and O–H groups in total. The summed E-state index contributed by atoms with van der Waals surface area (Å²) in [5.74, 6) is 0. The van der Waals surface area contributed by atoms with E-state index in [4.69, 9.17) is 9.84 Å². The predicted octanol–water partition coefficient (Wildman–Crippen LogP) is 0.378. The summed E-state index contributed by atoms with van der Waals surface area (Å²) < 4.78 is 9.66. The molecule has 3 heteroatoms. The van der Waals surface area contributed by atoms with E-state index in [0.717, 1.165) is 6.42 Å². The van der Waals surface area contributed by atoms with Gasteiger partial charge < -0.3 is 14.6 Å². The van der Waals surface area contributed by atoms with Crippen molar-refractivity contribution in [3.05, 3.63) is 0 Å². The summed E-state index contributed by atoms with van der Waals surface area (Å²) in [7, 11) is 1.56. The van der Waals surface area contributed by atoms with Crippen LogP contribution in [0.1, 0.15) is 13.3 Å². The molecule has 0 aliphatic carbocycles. The minimum absolute atomic E-state index is 0.0649. The zero-order valence-corrected chi connectivity index (χ0v) is 5.96. The average molecular weight is 134 g/mol. The second kappa shape index (κ2) is 6.01. The normalized spacial score (nSPS) is 13.7. The Hall–Kier alpha value is -0.120. The van der Waals surface area contributed by atoms with Gasteiger partial charge in [0.1, 0.15) is 6.79 Å². The van der Waals surface area contributed by atoms with Crippen molar-refractivity contribution in [1.29, 1.82) is 0 Å². The molecule has 0 aliphatic rings. The van der Waals surface area contributed by atoms with Crippen LogP contribution in [0.5, 0.6) is 0 Å². The lowest BCUT2D eigenvalue weighted by molar-refractivity contribution is -0.0876. The van der Waals surface area contributed by atoms with Gasteiger partial charge in [0.2, 0.25) is 0 Å². The lowest BCUT2D eigenvalue weighted by Crippen LogP contribution is -2.17. The third-order valence-corrected chi connectivity index (χ3v) is 1.08. The van der Waals surface area contributed by atoms with Crippen molar-refractivity contribution in [2.75, 3.05) is 20.5 Å². The summed E-state index contributed by atoms with van der Waals surface area (Å²) in [4.78, 5) is 0. The third kappa shape index (κ3) is 4.39. The van der Waals surface area contributed by atoms with Crippen LogP contribution in [0.3, 0.4) is 0 Å². The van der Waals surface area contributed by atoms with Gasteiger partial charge in [-0.15, -0.1) is 0 Å². The fraction of sp³-hybridized carbons (Fsp3) is 1.00. The molecule has 0 unspecified atom stereocenters. The van der Waals surface area contributed by atoms with Gasteiger partial charge in [0.15, 0.2) is 0 Å². The van der Waals surface area contributed by atoms with Crippen LogP contribution in [-0.2, 0) is 9.47 Å². The average Bonchev–Trinajstić information content (AvgIpc) is 1.91. The lowest BCUT2D eigenvalue weighted by Gasteiger charge is -2.10. The molecule has 0 aromatic heterocycles. The molecule has 0 radical (unpaired) electrons. The summed E-state index contributed by atoms with van der Waals surface area (Å²) in [5, 5.41) is 8.57. The van der Waals surface area contributed by atoms with E-state index >= 15 is 0 Å². The first-order valence-corrected chi connectivity index (χ1v) is 3.06. The van der Waals surface area contributed by atoms with Crippen LogP contribution in [0.4, 0.5) is 0 Å². The highest BCUT2D eigenvalue weighted by molar-refractivity contribution is 4.48. The molecule has 3 nitrogen and oxygen atoms in total. The molecule has 0 amide bonds. The van der Waals surface area contributed by atoms with Gasteiger partial charge >= 0.3 is 0 Å². The van der Waals surface area contributed by atoms with Gasteiger partial charge in [0.05, 0.1) is 12.7 Å². The van der Waals surface area contributed by atoms with Gasteiger partial charge in [-0.05, 0) is 6.42 Å². The van der Waals surface area contributed by atoms with Crippen molar-refractivity contribution < 1.29 is 14.6 Å². The van der Waals surface area contributed by atoms with E-state index in [0.29, 0.717) is 0 Å². The maximum atomic E-state index is 8.57. The third-order valence-electron chi connectivity index (χ3n) is 1.08. The number of ether oxygens (including phenoxy) is 2. The van der Waals surface area contributed by atoms with E-state index in [1.807, 2.05) is 6.92 Å². The van der Waals surface area contributed by atoms with Crippen molar-refractivity contribution in [1.82, 2.24) is 0 Å². The van der Waals surface area contributed by atoms with Crippen LogP contribution in [-0.4, -0.2) is 31.7 Å². The summed E-state index contributed by atoms with van der Waals surface area (Å²) in [6, 6.07) is 0. The highest BCUT2D eigenvalue weighted by Gasteiger charge is 2.01. The fourth-order valence-electron chi connectivity index (χ4n) is 0.464. The van der Waals surface area contributed by atoms with Crippen molar-refractivity contribution in [3.8, 4) is 0 Å². The largest absolute Gasteiger partial charge is 0.394 e. The van der Waals surface area contributed by atoms with Crippen LogP contribution in [0.2, 0.25) is 0 Å². The fourth-order valence-corrected chi connectivity index (χ4v) is 0.464. The Bertz CT molecular complexity index is 52.3. The summed E-state index contributed by atoms with van der Waals surface area (Å²) >= 11 is 0. The first kappa shape index (κ1) is 8.88. The van der Waals surface area contributed by atoms with Crippen LogP contribution in [0.15, 0.2) is 0 Å². The first-order valence-electron chi connectivity index (χ1n) is 3.06. The summed E-state index contributed by atoms with van der Waals surface area (Å²) in [5.41, 5.74) is 0. The Kier molecular flexibility index (Phi) is 5.93. The van der Waals surface area contributed by atoms with Crippen molar-refractivity contribution in [3.63, 3.8) is 0 Å². The SMILES string of the molecule is CC[C@H](CO)OCOC. The molecular weight excluding hydrogens is 120 g/mol. The van der Waals surface area contributed by atoms with Crippen molar-refractivity contribution in [2.45, 2.75) is 19.4 Å². The van der Waals surface area contributed by atoms with Gasteiger partial charge in [0.25, 0.3) is 0 Å². The molecule has 0 aromatic rings. The Morgan fingerprint density at radius 2 is 2.22 bits per heavy atom.